The molecule has 2 unspecified atom stereocenters. The summed E-state index contributed by atoms with van der Waals surface area (Å²) in [6.45, 7) is 6.36. The van der Waals surface area contributed by atoms with Crippen LogP contribution in [0.25, 0.3) is 0 Å². The van der Waals surface area contributed by atoms with Crippen molar-refractivity contribution in [2.45, 2.75) is 46.1 Å². The third-order valence-electron chi connectivity index (χ3n) is 4.02. The van der Waals surface area contributed by atoms with Gasteiger partial charge in [0.1, 0.15) is 0 Å². The molecule has 110 valence electrons. The molecule has 2 atom stereocenters. The third-order valence-corrected chi connectivity index (χ3v) is 4.68. The van der Waals surface area contributed by atoms with Crippen molar-refractivity contribution in [2.75, 3.05) is 5.32 Å². The molecule has 0 aliphatic heterocycles. The molecule has 0 spiro atoms. The Morgan fingerprint density at radius 3 is 2.40 bits per heavy atom. The van der Waals surface area contributed by atoms with Gasteiger partial charge in [0.05, 0.1) is 4.92 Å². The van der Waals surface area contributed by atoms with Gasteiger partial charge in [-0.1, -0.05) is 13.8 Å². The molecule has 0 bridgehead atoms. The lowest BCUT2D eigenvalue weighted by molar-refractivity contribution is -0.385. The zero-order chi connectivity index (χ0) is 14.9. The van der Waals surface area contributed by atoms with Crippen molar-refractivity contribution in [3.63, 3.8) is 0 Å². The molecule has 0 aromatic heterocycles. The van der Waals surface area contributed by atoms with E-state index in [0.717, 1.165) is 34.8 Å². The Morgan fingerprint density at radius 2 is 1.85 bits per heavy atom. The summed E-state index contributed by atoms with van der Waals surface area (Å²) >= 11 is 3.44. The summed E-state index contributed by atoms with van der Waals surface area (Å²) < 4.78 is 0.765. The minimum absolute atomic E-state index is 0.160. The van der Waals surface area contributed by atoms with Crippen LogP contribution in [0.15, 0.2) is 16.6 Å². The zero-order valence-corrected chi connectivity index (χ0v) is 13.7. The number of nitrogens with one attached hydrogen (secondary N) is 1. The number of anilines is 1. The molecular formula is C15H21BrN2O2. The standard InChI is InChI=1S/C15H21BrN2O2/c1-9-4-10(2)6-12(5-9)17-14-7-11(3)15(18(19)20)8-13(14)16/h7-10,12,17H,4-6H2,1-3H3. The van der Waals surface area contributed by atoms with Crippen LogP contribution in [-0.4, -0.2) is 11.0 Å². The zero-order valence-electron chi connectivity index (χ0n) is 12.1. The van der Waals surface area contributed by atoms with Crippen LogP contribution in [0.3, 0.4) is 0 Å². The molecule has 5 heteroatoms. The van der Waals surface area contributed by atoms with Gasteiger partial charge >= 0.3 is 0 Å². The first-order valence-electron chi connectivity index (χ1n) is 7.08. The molecule has 0 heterocycles. The fraction of sp³-hybridized carbons (Fsp3) is 0.600. The lowest BCUT2D eigenvalue weighted by Gasteiger charge is -2.32. The fourth-order valence-corrected chi connectivity index (χ4v) is 3.71. The Kier molecular flexibility index (Phi) is 4.68. The fourth-order valence-electron chi connectivity index (χ4n) is 3.26. The second kappa shape index (κ2) is 6.12. The molecule has 1 aromatic carbocycles. The van der Waals surface area contributed by atoms with E-state index in [2.05, 4.69) is 35.1 Å². The molecule has 1 aliphatic carbocycles. The van der Waals surface area contributed by atoms with Crippen molar-refractivity contribution in [2.24, 2.45) is 11.8 Å². The van der Waals surface area contributed by atoms with Crippen LogP contribution in [-0.2, 0) is 0 Å². The summed E-state index contributed by atoms with van der Waals surface area (Å²) in [5, 5.41) is 14.5. The Labute approximate surface area is 128 Å². The van der Waals surface area contributed by atoms with Crippen LogP contribution in [0.1, 0.15) is 38.7 Å². The number of nitro groups is 1. The average molecular weight is 341 g/mol. The van der Waals surface area contributed by atoms with Crippen LogP contribution in [0, 0.1) is 28.9 Å². The van der Waals surface area contributed by atoms with E-state index in [1.54, 1.807) is 13.0 Å². The normalized spacial score (nSPS) is 26.3. The van der Waals surface area contributed by atoms with Crippen molar-refractivity contribution in [3.05, 3.63) is 32.3 Å². The van der Waals surface area contributed by atoms with Crippen LogP contribution in [0.2, 0.25) is 0 Å². The molecule has 1 aromatic rings. The maximum atomic E-state index is 10.9. The Hall–Kier alpha value is -1.10. The molecule has 1 N–H and O–H groups in total. The first-order valence-corrected chi connectivity index (χ1v) is 7.87. The molecule has 0 radical (unpaired) electrons. The average Bonchev–Trinajstić information content (AvgIpc) is 2.31. The number of aryl methyl sites for hydroxylation is 1. The SMILES string of the molecule is Cc1cc(NC2CC(C)CC(C)C2)c(Br)cc1[N+](=O)[O-]. The van der Waals surface area contributed by atoms with Crippen molar-refractivity contribution >= 4 is 27.3 Å². The first kappa shape index (κ1) is 15.3. The van der Waals surface area contributed by atoms with Gasteiger partial charge in [0.25, 0.3) is 5.69 Å². The number of halogens is 1. The van der Waals surface area contributed by atoms with E-state index in [4.69, 9.17) is 0 Å². The molecule has 1 fully saturated rings. The summed E-state index contributed by atoms with van der Waals surface area (Å²) in [6.07, 6.45) is 3.61. The molecule has 1 saturated carbocycles. The van der Waals surface area contributed by atoms with Gasteiger partial charge in [0.15, 0.2) is 0 Å². The van der Waals surface area contributed by atoms with E-state index < -0.39 is 0 Å². The van der Waals surface area contributed by atoms with E-state index in [0.29, 0.717) is 11.6 Å². The monoisotopic (exact) mass is 340 g/mol. The molecule has 2 rings (SSSR count). The van der Waals surface area contributed by atoms with Crippen molar-refractivity contribution in [1.82, 2.24) is 0 Å². The molecule has 1 aliphatic rings. The van der Waals surface area contributed by atoms with E-state index in [1.165, 1.54) is 6.42 Å². The van der Waals surface area contributed by atoms with E-state index in [1.807, 2.05) is 6.07 Å². The highest BCUT2D eigenvalue weighted by Crippen LogP contribution is 2.35. The van der Waals surface area contributed by atoms with Crippen LogP contribution < -0.4 is 5.32 Å². The van der Waals surface area contributed by atoms with Gasteiger partial charge in [-0.15, -0.1) is 0 Å². The Bertz CT molecular complexity index is 509. The van der Waals surface area contributed by atoms with Crippen molar-refractivity contribution < 1.29 is 4.92 Å². The second-order valence-corrected chi connectivity index (χ2v) is 6.99. The predicted octanol–water partition coefficient (Wildman–Crippen LogP) is 4.90. The number of nitro benzene ring substituents is 1. The third kappa shape index (κ3) is 3.51. The minimum atomic E-state index is -0.339. The summed E-state index contributed by atoms with van der Waals surface area (Å²) in [7, 11) is 0. The Balaban J connectivity index is 2.17. The van der Waals surface area contributed by atoms with Gasteiger partial charge in [0.2, 0.25) is 0 Å². The van der Waals surface area contributed by atoms with Gasteiger partial charge in [-0.05, 0) is 60.0 Å². The maximum Gasteiger partial charge on any atom is 0.273 e. The maximum absolute atomic E-state index is 10.9. The number of rotatable bonds is 3. The number of nitrogens with zero attached hydrogens (tertiary/aromatic N) is 1. The second-order valence-electron chi connectivity index (χ2n) is 6.13. The Morgan fingerprint density at radius 1 is 1.25 bits per heavy atom. The topological polar surface area (TPSA) is 55.2 Å². The predicted molar refractivity (Wildman–Crippen MR) is 85.1 cm³/mol. The molecule has 4 nitrogen and oxygen atoms in total. The van der Waals surface area contributed by atoms with E-state index >= 15 is 0 Å². The quantitative estimate of drug-likeness (QED) is 0.628. The van der Waals surface area contributed by atoms with Crippen LogP contribution in [0.5, 0.6) is 0 Å². The number of benzene rings is 1. The lowest BCUT2D eigenvalue weighted by atomic mass is 9.80. The smallest absolute Gasteiger partial charge is 0.273 e. The highest BCUT2D eigenvalue weighted by Gasteiger charge is 2.24. The molecule has 0 saturated heterocycles. The van der Waals surface area contributed by atoms with Crippen LogP contribution in [0.4, 0.5) is 11.4 Å². The number of hydrogen-bond acceptors (Lipinski definition) is 3. The van der Waals surface area contributed by atoms with Crippen molar-refractivity contribution in [3.8, 4) is 0 Å². The summed E-state index contributed by atoms with van der Waals surface area (Å²) in [6, 6.07) is 3.91. The summed E-state index contributed by atoms with van der Waals surface area (Å²) in [5.74, 6) is 1.46. The highest BCUT2D eigenvalue weighted by atomic mass is 79.9. The minimum Gasteiger partial charge on any atom is -0.381 e. The van der Waals surface area contributed by atoms with Gasteiger partial charge in [0, 0.05) is 27.8 Å². The largest absolute Gasteiger partial charge is 0.381 e. The lowest BCUT2D eigenvalue weighted by Crippen LogP contribution is -2.30. The highest BCUT2D eigenvalue weighted by molar-refractivity contribution is 9.10. The molecular weight excluding hydrogens is 320 g/mol. The number of hydrogen-bond donors (Lipinski definition) is 1. The first-order chi connectivity index (χ1) is 9.36. The molecule has 0 amide bonds. The van der Waals surface area contributed by atoms with Crippen LogP contribution >= 0.6 is 15.9 Å². The molecule has 20 heavy (non-hydrogen) atoms. The van der Waals surface area contributed by atoms with Gasteiger partial charge < -0.3 is 5.32 Å². The van der Waals surface area contributed by atoms with E-state index in [9.17, 15) is 10.1 Å². The van der Waals surface area contributed by atoms with Crippen molar-refractivity contribution in [1.29, 1.82) is 0 Å². The summed E-state index contributed by atoms with van der Waals surface area (Å²) in [5.41, 5.74) is 1.81. The van der Waals surface area contributed by atoms with Gasteiger partial charge in [-0.3, -0.25) is 10.1 Å². The van der Waals surface area contributed by atoms with E-state index in [-0.39, 0.29) is 10.6 Å². The van der Waals surface area contributed by atoms with Gasteiger partial charge in [-0.25, -0.2) is 0 Å². The van der Waals surface area contributed by atoms with Gasteiger partial charge in [-0.2, -0.15) is 0 Å². The summed E-state index contributed by atoms with van der Waals surface area (Å²) in [4.78, 5) is 10.6.